The van der Waals surface area contributed by atoms with E-state index < -0.39 is 0 Å². The molecule has 2 aromatic heterocycles. The molecular weight excluding hydrogens is 368 g/mol. The Kier molecular flexibility index (Phi) is 22.8. The molecule has 0 atom stereocenters. The van der Waals surface area contributed by atoms with Gasteiger partial charge in [0.2, 0.25) is 0 Å². The third kappa shape index (κ3) is 16.6. The van der Waals surface area contributed by atoms with Crippen LogP contribution >= 0.6 is 0 Å². The van der Waals surface area contributed by atoms with Gasteiger partial charge in [-0.25, -0.2) is 0 Å². The molecule has 0 saturated carbocycles. The average molecular weight is 378 g/mol. The van der Waals surface area contributed by atoms with Crippen molar-refractivity contribution in [3.8, 4) is 0 Å². The topological polar surface area (TPSA) is 108 Å². The minimum absolute atomic E-state index is 0. The molecule has 2 aromatic rings. The summed E-state index contributed by atoms with van der Waals surface area (Å²) in [6, 6.07) is 11.0. The fourth-order valence-electron chi connectivity index (χ4n) is 0.694. The number of rotatable bonds is 0. The van der Waals surface area contributed by atoms with Crippen molar-refractivity contribution in [1.29, 1.82) is 11.2 Å². The molecule has 0 radical (unpaired) electrons. The predicted octanol–water partition coefficient (Wildman–Crippen LogP) is 2.64. The van der Waals surface area contributed by atoms with Crippen LogP contribution in [0.1, 0.15) is 0 Å². The molecule has 0 saturated heterocycles. The van der Waals surface area contributed by atoms with Gasteiger partial charge in [0.1, 0.15) is 0 Å². The van der Waals surface area contributed by atoms with Gasteiger partial charge in [-0.2, -0.15) is 9.81 Å². The SMILES string of the molecule is N=O.N=O.[Mo+2].[S-]c1ccccn1.[S-]c1ccccn1. The summed E-state index contributed by atoms with van der Waals surface area (Å²) in [5.41, 5.74) is 9.00. The number of pyridine rings is 2. The van der Waals surface area contributed by atoms with E-state index in [-0.39, 0.29) is 21.1 Å². The van der Waals surface area contributed by atoms with Crippen LogP contribution in [-0.2, 0) is 46.3 Å². The molecule has 0 aromatic carbocycles. The zero-order valence-electron chi connectivity index (χ0n) is 9.55. The molecule has 2 N–H and O–H groups in total. The molecule has 2 rings (SSSR count). The van der Waals surface area contributed by atoms with Gasteiger partial charge in [0.15, 0.2) is 0 Å². The number of nitrogens with one attached hydrogen (secondary N) is 2. The Labute approximate surface area is 136 Å². The van der Waals surface area contributed by atoms with E-state index in [1.165, 1.54) is 0 Å². The molecule has 0 fully saturated rings. The van der Waals surface area contributed by atoms with Gasteiger partial charge in [0.05, 0.1) is 0 Å². The Balaban J connectivity index is -0.000000205. The van der Waals surface area contributed by atoms with Crippen molar-refractivity contribution < 1.29 is 21.1 Å². The van der Waals surface area contributed by atoms with Crippen molar-refractivity contribution in [3.63, 3.8) is 0 Å². The molecular formula is C10H10MoN4O2S2. The molecule has 19 heavy (non-hydrogen) atoms. The summed E-state index contributed by atoms with van der Waals surface area (Å²) in [5.74, 6) is 0. The maximum atomic E-state index is 7.50. The number of nitroso groups, excluding NO2 is 2. The maximum Gasteiger partial charge on any atom is 2.00 e. The van der Waals surface area contributed by atoms with E-state index in [9.17, 15) is 0 Å². The van der Waals surface area contributed by atoms with Crippen LogP contribution in [0.25, 0.3) is 0 Å². The fraction of sp³-hybridized carbons (Fsp3) is 0. The van der Waals surface area contributed by atoms with Gasteiger partial charge in [-0.05, 0) is 12.1 Å². The third-order valence-electron chi connectivity index (χ3n) is 1.28. The second-order valence-electron chi connectivity index (χ2n) is 2.34. The monoisotopic (exact) mass is 380 g/mol. The second-order valence-corrected chi connectivity index (χ2v) is 3.17. The fourth-order valence-corrected chi connectivity index (χ4v) is 0.973. The predicted molar refractivity (Wildman–Crippen MR) is 71.9 cm³/mol. The first-order valence-corrected chi connectivity index (χ1v) is 5.17. The molecule has 6 nitrogen and oxygen atoms in total. The summed E-state index contributed by atoms with van der Waals surface area (Å²) in [6.07, 6.45) is 3.37. The van der Waals surface area contributed by atoms with Gasteiger partial charge >= 0.3 is 21.1 Å². The van der Waals surface area contributed by atoms with E-state index in [1.54, 1.807) is 24.5 Å². The van der Waals surface area contributed by atoms with Gasteiger partial charge in [-0.1, -0.05) is 45.5 Å². The van der Waals surface area contributed by atoms with Crippen molar-refractivity contribution in [2.45, 2.75) is 10.1 Å². The molecule has 0 aliphatic heterocycles. The Hall–Kier alpha value is -1.37. The smallest absolute Gasteiger partial charge is 0.760 e. The summed E-state index contributed by atoms with van der Waals surface area (Å²) in [6.45, 7) is 0. The first kappa shape index (κ1) is 22.8. The van der Waals surface area contributed by atoms with Crippen molar-refractivity contribution in [2.24, 2.45) is 0 Å². The first-order valence-electron chi connectivity index (χ1n) is 4.36. The van der Waals surface area contributed by atoms with Crippen LogP contribution in [0, 0.1) is 21.0 Å². The Morgan fingerprint density at radius 2 is 1.05 bits per heavy atom. The van der Waals surface area contributed by atoms with Crippen LogP contribution in [0.5, 0.6) is 0 Å². The van der Waals surface area contributed by atoms with Crippen molar-refractivity contribution in [1.82, 2.24) is 9.97 Å². The zero-order chi connectivity index (χ0) is 14.2. The molecule has 0 spiro atoms. The van der Waals surface area contributed by atoms with E-state index in [0.717, 1.165) is 0 Å². The number of hydrogen-bond donors (Lipinski definition) is 2. The van der Waals surface area contributed by atoms with Crippen molar-refractivity contribution in [2.75, 3.05) is 0 Å². The minimum Gasteiger partial charge on any atom is -0.760 e. The summed E-state index contributed by atoms with van der Waals surface area (Å²) in [5, 5.41) is 1.31. The van der Waals surface area contributed by atoms with Gasteiger partial charge in [-0.15, -0.1) is 0 Å². The van der Waals surface area contributed by atoms with Crippen LogP contribution < -0.4 is 0 Å². The largest absolute Gasteiger partial charge is 2.00 e. The molecule has 0 amide bonds. The van der Waals surface area contributed by atoms with E-state index >= 15 is 0 Å². The van der Waals surface area contributed by atoms with Crippen LogP contribution in [0.4, 0.5) is 0 Å². The molecule has 0 aliphatic carbocycles. The zero-order valence-corrected chi connectivity index (χ0v) is 13.2. The quantitative estimate of drug-likeness (QED) is 0.415. The number of nitrogens with zero attached hydrogens (tertiary/aromatic N) is 2. The third-order valence-corrected chi connectivity index (χ3v) is 1.76. The molecule has 0 aliphatic rings. The van der Waals surface area contributed by atoms with Gasteiger partial charge in [-0.3, -0.25) is 9.97 Å². The Morgan fingerprint density at radius 3 is 1.16 bits per heavy atom. The number of hydrogen-bond acceptors (Lipinski definition) is 8. The van der Waals surface area contributed by atoms with Crippen molar-refractivity contribution in [3.05, 3.63) is 58.6 Å². The Bertz CT molecular complexity index is 358. The van der Waals surface area contributed by atoms with Gasteiger partial charge < -0.3 is 25.3 Å². The summed E-state index contributed by atoms with van der Waals surface area (Å²) in [4.78, 5) is 22.6. The molecule has 0 bridgehead atoms. The summed E-state index contributed by atoms with van der Waals surface area (Å²) < 4.78 is 0. The van der Waals surface area contributed by atoms with Crippen LogP contribution in [0.3, 0.4) is 0 Å². The van der Waals surface area contributed by atoms with Crippen LogP contribution in [0.2, 0.25) is 0 Å². The molecule has 100 valence electrons. The van der Waals surface area contributed by atoms with E-state index in [1.807, 2.05) is 24.3 Å². The summed E-state index contributed by atoms with van der Waals surface area (Å²) in [7, 11) is 0. The summed E-state index contributed by atoms with van der Waals surface area (Å²) >= 11 is 9.40. The average Bonchev–Trinajstić information content (AvgIpc) is 2.46. The van der Waals surface area contributed by atoms with Gasteiger partial charge in [0.25, 0.3) is 0 Å². The van der Waals surface area contributed by atoms with Crippen molar-refractivity contribution >= 4 is 25.3 Å². The van der Waals surface area contributed by atoms with E-state index in [4.69, 9.17) is 35.1 Å². The number of aromatic nitrogens is 2. The van der Waals surface area contributed by atoms with E-state index in [0.29, 0.717) is 10.1 Å². The molecule has 2 heterocycles. The Morgan fingerprint density at radius 1 is 0.737 bits per heavy atom. The molecule has 9 heteroatoms. The van der Waals surface area contributed by atoms with Gasteiger partial charge in [0, 0.05) is 12.4 Å². The normalized spacial score (nSPS) is 6.74. The first-order chi connectivity index (χ1) is 8.79. The van der Waals surface area contributed by atoms with E-state index in [2.05, 4.69) is 21.2 Å². The minimum atomic E-state index is 0. The second kappa shape index (κ2) is 19.0. The molecule has 0 unspecified atom stereocenters. The standard InChI is InChI=1S/2C5H5NS.Mo.2HNO/c2*7-5-3-1-2-4-6-5;;2*1-2/h2*1-4H,(H,6,7);;2*1H/q;;+2;;/p-2. The van der Waals surface area contributed by atoms with Crippen LogP contribution in [0.15, 0.2) is 58.8 Å². The van der Waals surface area contributed by atoms with Crippen LogP contribution in [-0.4, -0.2) is 9.97 Å². The maximum absolute atomic E-state index is 7.50.